The zero-order valence-electron chi connectivity index (χ0n) is 17.0. The van der Waals surface area contributed by atoms with E-state index in [1.165, 1.54) is 4.90 Å². The molecule has 0 aromatic heterocycles. The lowest BCUT2D eigenvalue weighted by Gasteiger charge is -2.40. The highest BCUT2D eigenvalue weighted by Gasteiger charge is 2.41. The number of carbonyl (C=O) groups excluding carboxylic acids is 1. The highest BCUT2D eigenvalue weighted by Crippen LogP contribution is 2.51. The second-order valence-electron chi connectivity index (χ2n) is 8.75. The van der Waals surface area contributed by atoms with Crippen LogP contribution in [0, 0.1) is 5.41 Å². The molecule has 2 aromatic carbocycles. The van der Waals surface area contributed by atoms with Gasteiger partial charge in [0.1, 0.15) is 13.2 Å². The summed E-state index contributed by atoms with van der Waals surface area (Å²) in [6.07, 6.45) is 3.51. The summed E-state index contributed by atoms with van der Waals surface area (Å²) in [6, 6.07) is 12.7. The van der Waals surface area contributed by atoms with Crippen LogP contribution in [0.25, 0.3) is 0 Å². The Morgan fingerprint density at radius 1 is 1.03 bits per heavy atom. The van der Waals surface area contributed by atoms with Crippen molar-refractivity contribution in [3.05, 3.63) is 58.8 Å². The minimum absolute atomic E-state index is 0.0402. The van der Waals surface area contributed by atoms with Crippen LogP contribution in [-0.2, 0) is 4.79 Å². The maximum atomic E-state index is 13.3. The number of ketones is 1. The molecule has 0 saturated heterocycles. The maximum Gasteiger partial charge on any atom is 0.163 e. The zero-order valence-corrected chi connectivity index (χ0v) is 17.8. The fraction of sp³-hybridized carbons (Fsp3) is 0.375. The van der Waals surface area contributed by atoms with Gasteiger partial charge in [0.05, 0.1) is 0 Å². The lowest BCUT2D eigenvalue weighted by molar-refractivity contribution is -0.118. The van der Waals surface area contributed by atoms with E-state index in [1.54, 1.807) is 11.8 Å². The van der Waals surface area contributed by atoms with Crippen LogP contribution in [0.1, 0.15) is 43.7 Å². The molecule has 0 radical (unpaired) electrons. The lowest BCUT2D eigenvalue weighted by Crippen LogP contribution is -2.34. The molecule has 1 N–H and O–H groups in total. The minimum atomic E-state index is -0.0865. The number of benzene rings is 2. The van der Waals surface area contributed by atoms with Crippen molar-refractivity contribution >= 4 is 23.2 Å². The normalized spacial score (nSPS) is 21.9. The van der Waals surface area contributed by atoms with E-state index in [2.05, 4.69) is 55.8 Å². The smallest absolute Gasteiger partial charge is 0.163 e. The van der Waals surface area contributed by atoms with Crippen molar-refractivity contribution in [2.24, 2.45) is 5.41 Å². The number of carbonyl (C=O) groups is 1. The first kappa shape index (κ1) is 18.6. The molecule has 0 fully saturated rings. The second-order valence-corrected chi connectivity index (χ2v) is 9.63. The summed E-state index contributed by atoms with van der Waals surface area (Å²) in [5, 5.41) is 3.58. The summed E-state index contributed by atoms with van der Waals surface area (Å²) in [5.74, 6) is 1.68. The van der Waals surface area contributed by atoms with Crippen molar-refractivity contribution < 1.29 is 14.3 Å². The van der Waals surface area contributed by atoms with E-state index < -0.39 is 0 Å². The van der Waals surface area contributed by atoms with Crippen LogP contribution in [-0.4, -0.2) is 25.3 Å². The highest BCUT2D eigenvalue weighted by molar-refractivity contribution is 7.98. The summed E-state index contributed by atoms with van der Waals surface area (Å²) in [7, 11) is 0. The minimum Gasteiger partial charge on any atom is -0.486 e. The SMILES string of the molecule is CSc1ccc([C@H]2C3=C(CC(C)(C)CC3=O)Nc3cc4c(cc32)OCCO4)cc1. The third-order valence-electron chi connectivity index (χ3n) is 5.97. The fourth-order valence-electron chi connectivity index (χ4n) is 4.69. The van der Waals surface area contributed by atoms with Crippen LogP contribution in [0.4, 0.5) is 5.69 Å². The first-order valence-corrected chi connectivity index (χ1v) is 11.3. The molecular formula is C24H25NO3S. The van der Waals surface area contributed by atoms with Gasteiger partial charge in [-0.15, -0.1) is 11.8 Å². The van der Waals surface area contributed by atoms with Crippen LogP contribution in [0.2, 0.25) is 0 Å². The average Bonchev–Trinajstić information content (AvgIpc) is 2.70. The Morgan fingerprint density at radius 2 is 1.72 bits per heavy atom. The molecular weight excluding hydrogens is 382 g/mol. The van der Waals surface area contributed by atoms with Gasteiger partial charge in [-0.25, -0.2) is 0 Å². The van der Waals surface area contributed by atoms with E-state index in [0.29, 0.717) is 19.6 Å². The molecule has 3 aliphatic rings. The van der Waals surface area contributed by atoms with Gasteiger partial charge >= 0.3 is 0 Å². The maximum absolute atomic E-state index is 13.3. The first-order chi connectivity index (χ1) is 13.9. The van der Waals surface area contributed by atoms with Crippen molar-refractivity contribution in [2.75, 3.05) is 24.8 Å². The molecule has 29 heavy (non-hydrogen) atoms. The molecule has 1 atom stereocenters. The Morgan fingerprint density at radius 3 is 2.41 bits per heavy atom. The van der Waals surface area contributed by atoms with Crippen LogP contribution < -0.4 is 14.8 Å². The molecule has 0 bridgehead atoms. The van der Waals surface area contributed by atoms with Crippen LogP contribution >= 0.6 is 11.8 Å². The number of hydrogen-bond acceptors (Lipinski definition) is 5. The molecule has 4 nitrogen and oxygen atoms in total. The number of anilines is 1. The van der Waals surface area contributed by atoms with Gasteiger partial charge in [-0.1, -0.05) is 26.0 Å². The van der Waals surface area contributed by atoms with Crippen molar-refractivity contribution in [1.29, 1.82) is 0 Å². The summed E-state index contributed by atoms with van der Waals surface area (Å²) >= 11 is 1.72. The summed E-state index contributed by atoms with van der Waals surface area (Å²) in [6.45, 7) is 5.44. The second kappa shape index (κ2) is 6.84. The van der Waals surface area contributed by atoms with Gasteiger partial charge in [0.15, 0.2) is 17.3 Å². The Labute approximate surface area is 175 Å². The molecule has 150 valence electrons. The third-order valence-corrected chi connectivity index (χ3v) is 6.71. The number of thioether (sulfide) groups is 1. The number of Topliss-reactive ketones (excluding diaryl/α,β-unsaturated/α-hetero) is 1. The fourth-order valence-corrected chi connectivity index (χ4v) is 5.10. The number of rotatable bonds is 2. The molecule has 0 spiro atoms. The van der Waals surface area contributed by atoms with E-state index in [-0.39, 0.29) is 17.1 Å². The number of allylic oxidation sites excluding steroid dienone is 2. The Hall–Kier alpha value is -2.40. The number of fused-ring (bicyclic) bond motifs is 2. The highest BCUT2D eigenvalue weighted by atomic mass is 32.2. The van der Waals surface area contributed by atoms with E-state index in [0.717, 1.165) is 46.0 Å². The Balaban J connectivity index is 1.70. The van der Waals surface area contributed by atoms with Gasteiger partial charge in [0.25, 0.3) is 0 Å². The van der Waals surface area contributed by atoms with E-state index in [9.17, 15) is 4.79 Å². The predicted octanol–water partition coefficient (Wildman–Crippen LogP) is 5.38. The number of hydrogen-bond donors (Lipinski definition) is 1. The molecule has 5 rings (SSSR count). The van der Waals surface area contributed by atoms with Crippen molar-refractivity contribution in [3.8, 4) is 11.5 Å². The summed E-state index contributed by atoms with van der Waals surface area (Å²) < 4.78 is 11.7. The number of nitrogens with one attached hydrogen (secondary N) is 1. The van der Waals surface area contributed by atoms with Crippen molar-refractivity contribution in [2.45, 2.75) is 37.5 Å². The van der Waals surface area contributed by atoms with Gasteiger partial charge in [0.2, 0.25) is 0 Å². The molecule has 2 heterocycles. The molecule has 1 aliphatic carbocycles. The first-order valence-electron chi connectivity index (χ1n) is 10.1. The number of ether oxygens (including phenoxy) is 2. The van der Waals surface area contributed by atoms with Crippen LogP contribution in [0.15, 0.2) is 52.6 Å². The van der Waals surface area contributed by atoms with E-state index in [1.807, 2.05) is 6.07 Å². The molecule has 5 heteroatoms. The van der Waals surface area contributed by atoms with Crippen LogP contribution in [0.5, 0.6) is 11.5 Å². The average molecular weight is 408 g/mol. The largest absolute Gasteiger partial charge is 0.486 e. The predicted molar refractivity (Wildman–Crippen MR) is 116 cm³/mol. The van der Waals surface area contributed by atoms with Crippen molar-refractivity contribution in [1.82, 2.24) is 0 Å². The van der Waals surface area contributed by atoms with E-state index in [4.69, 9.17) is 9.47 Å². The monoisotopic (exact) mass is 407 g/mol. The lowest BCUT2D eigenvalue weighted by atomic mass is 9.68. The summed E-state index contributed by atoms with van der Waals surface area (Å²) in [4.78, 5) is 14.5. The zero-order chi connectivity index (χ0) is 20.2. The van der Waals surface area contributed by atoms with Gasteiger partial charge in [-0.05, 0) is 47.4 Å². The van der Waals surface area contributed by atoms with Crippen molar-refractivity contribution in [3.63, 3.8) is 0 Å². The van der Waals surface area contributed by atoms with Gasteiger partial charge in [-0.2, -0.15) is 0 Å². The van der Waals surface area contributed by atoms with Gasteiger partial charge in [0, 0.05) is 40.3 Å². The van der Waals surface area contributed by atoms with E-state index >= 15 is 0 Å². The molecule has 2 aliphatic heterocycles. The molecule has 2 aromatic rings. The third kappa shape index (κ3) is 3.21. The Bertz CT molecular complexity index is 1020. The van der Waals surface area contributed by atoms with Gasteiger partial charge in [-0.3, -0.25) is 4.79 Å². The topological polar surface area (TPSA) is 47.6 Å². The quantitative estimate of drug-likeness (QED) is 0.677. The Kier molecular flexibility index (Phi) is 4.39. The van der Waals surface area contributed by atoms with Crippen LogP contribution in [0.3, 0.4) is 0 Å². The molecule has 0 saturated carbocycles. The van der Waals surface area contributed by atoms with Gasteiger partial charge < -0.3 is 14.8 Å². The standard InChI is InChI=1S/C24H25NO3S/c1-24(2)12-18-23(19(26)13-24)22(14-4-6-15(29-3)7-5-14)16-10-20-21(11-17(16)25-18)28-9-8-27-20/h4-7,10-11,22,25H,8-9,12-13H2,1-3H3/t22-/m1/s1. The molecule has 0 unspecified atom stereocenters. The summed E-state index contributed by atoms with van der Waals surface area (Å²) in [5.41, 5.74) is 5.15. The molecule has 0 amide bonds.